The van der Waals surface area contributed by atoms with Gasteiger partial charge in [-0.05, 0) is 43.7 Å². The molecule has 1 N–H and O–H groups in total. The van der Waals surface area contributed by atoms with Crippen LogP contribution < -0.4 is 10.2 Å². The molecule has 0 atom stereocenters. The van der Waals surface area contributed by atoms with Gasteiger partial charge in [0.25, 0.3) is 11.8 Å². The van der Waals surface area contributed by atoms with Crippen molar-refractivity contribution in [1.82, 2.24) is 9.88 Å². The molecule has 2 heterocycles. The van der Waals surface area contributed by atoms with Gasteiger partial charge in [-0.15, -0.1) is 0 Å². The summed E-state index contributed by atoms with van der Waals surface area (Å²) in [6.07, 6.45) is 3.38. The molecule has 1 saturated heterocycles. The number of carbonyl (C=O) groups excluding carboxylic acids is 3. The number of urea groups is 1. The molecule has 0 unspecified atom stereocenters. The second-order valence-electron chi connectivity index (χ2n) is 5.46. The van der Waals surface area contributed by atoms with Gasteiger partial charge in [0.15, 0.2) is 0 Å². The summed E-state index contributed by atoms with van der Waals surface area (Å²) in [5.41, 5.74) is 1.90. The molecular weight excluding hydrogens is 306 g/mol. The van der Waals surface area contributed by atoms with E-state index in [1.54, 1.807) is 25.1 Å². The molecule has 0 spiro atoms. The van der Waals surface area contributed by atoms with E-state index >= 15 is 0 Å². The second-order valence-corrected chi connectivity index (χ2v) is 5.46. The predicted octanol–water partition coefficient (Wildman–Crippen LogP) is 2.48. The number of hydrogen-bond donors (Lipinski definition) is 1. The van der Waals surface area contributed by atoms with E-state index in [0.29, 0.717) is 12.2 Å². The number of barbiturate groups is 1. The molecule has 24 heavy (non-hydrogen) atoms. The molecule has 4 amide bonds. The number of para-hydroxylation sites is 1. The molecule has 0 aliphatic carbocycles. The number of anilines is 1. The highest BCUT2D eigenvalue weighted by Crippen LogP contribution is 2.24. The summed E-state index contributed by atoms with van der Waals surface area (Å²) in [4.78, 5) is 38.1. The number of aromatic nitrogens is 1. The molecule has 1 aromatic carbocycles. The number of rotatable bonds is 3. The number of nitrogens with zero attached hydrogens (tertiary/aromatic N) is 2. The highest BCUT2D eigenvalue weighted by Gasteiger charge is 2.37. The Balaban J connectivity index is 2.06. The third-order valence-electron chi connectivity index (χ3n) is 3.96. The first kappa shape index (κ1) is 15.7. The SMILES string of the molecule is CCn1cccc1/C=C1\C(=O)NC(=O)N(c2ccccc2C)C1=O. The lowest BCUT2D eigenvalue weighted by atomic mass is 10.1. The van der Waals surface area contributed by atoms with Crippen molar-refractivity contribution in [3.63, 3.8) is 0 Å². The zero-order valence-electron chi connectivity index (χ0n) is 13.4. The quantitative estimate of drug-likeness (QED) is 0.697. The predicted molar refractivity (Wildman–Crippen MR) is 90.3 cm³/mol. The summed E-state index contributed by atoms with van der Waals surface area (Å²) >= 11 is 0. The number of hydrogen-bond acceptors (Lipinski definition) is 3. The van der Waals surface area contributed by atoms with Gasteiger partial charge in [0, 0.05) is 18.4 Å². The van der Waals surface area contributed by atoms with Crippen LogP contribution in [-0.4, -0.2) is 22.4 Å². The van der Waals surface area contributed by atoms with Crippen molar-refractivity contribution in [3.05, 3.63) is 59.4 Å². The summed E-state index contributed by atoms with van der Waals surface area (Å²) in [7, 11) is 0. The molecule has 122 valence electrons. The van der Waals surface area contributed by atoms with Crippen LogP contribution in [0.1, 0.15) is 18.2 Å². The zero-order valence-corrected chi connectivity index (χ0v) is 13.4. The topological polar surface area (TPSA) is 71.4 Å². The Bertz CT molecular complexity index is 864. The Morgan fingerprint density at radius 2 is 1.83 bits per heavy atom. The summed E-state index contributed by atoms with van der Waals surface area (Å²) in [5.74, 6) is -1.31. The largest absolute Gasteiger partial charge is 0.348 e. The van der Waals surface area contributed by atoms with Crippen molar-refractivity contribution in [2.75, 3.05) is 4.90 Å². The average Bonchev–Trinajstić information content (AvgIpc) is 3.00. The summed E-state index contributed by atoms with van der Waals surface area (Å²) < 4.78 is 1.90. The van der Waals surface area contributed by atoms with Crippen molar-refractivity contribution in [2.45, 2.75) is 20.4 Å². The molecule has 0 radical (unpaired) electrons. The van der Waals surface area contributed by atoms with Gasteiger partial charge in [0.2, 0.25) is 0 Å². The highest BCUT2D eigenvalue weighted by atomic mass is 16.2. The number of aryl methyl sites for hydroxylation is 2. The zero-order chi connectivity index (χ0) is 17.3. The van der Waals surface area contributed by atoms with Crippen LogP contribution >= 0.6 is 0 Å². The third kappa shape index (κ3) is 2.62. The van der Waals surface area contributed by atoms with E-state index in [9.17, 15) is 14.4 Å². The van der Waals surface area contributed by atoms with Crippen molar-refractivity contribution < 1.29 is 14.4 Å². The van der Waals surface area contributed by atoms with E-state index in [2.05, 4.69) is 5.32 Å². The van der Waals surface area contributed by atoms with Crippen LogP contribution in [0.5, 0.6) is 0 Å². The monoisotopic (exact) mass is 323 g/mol. The van der Waals surface area contributed by atoms with Gasteiger partial charge >= 0.3 is 6.03 Å². The molecule has 1 aliphatic heterocycles. The van der Waals surface area contributed by atoms with Gasteiger partial charge in [-0.1, -0.05) is 18.2 Å². The number of imide groups is 2. The third-order valence-corrected chi connectivity index (χ3v) is 3.96. The van der Waals surface area contributed by atoms with Crippen LogP contribution in [0.15, 0.2) is 48.2 Å². The normalized spacial score (nSPS) is 16.7. The fraction of sp³-hybridized carbons (Fsp3) is 0.167. The summed E-state index contributed by atoms with van der Waals surface area (Å²) in [6.45, 7) is 4.48. The minimum absolute atomic E-state index is 0.0637. The molecule has 3 rings (SSSR count). The first-order valence-corrected chi connectivity index (χ1v) is 7.65. The number of amides is 4. The van der Waals surface area contributed by atoms with E-state index in [1.165, 1.54) is 6.08 Å². The maximum absolute atomic E-state index is 12.8. The van der Waals surface area contributed by atoms with Gasteiger partial charge in [-0.3, -0.25) is 14.9 Å². The standard InChI is InChI=1S/C18H17N3O3/c1-3-20-10-6-8-13(20)11-14-16(22)19-18(24)21(17(14)23)15-9-5-4-7-12(15)2/h4-11H,3H2,1-2H3,(H,19,22,24)/b14-11+. The van der Waals surface area contributed by atoms with E-state index in [0.717, 1.165) is 16.2 Å². The Morgan fingerprint density at radius 1 is 1.08 bits per heavy atom. The molecule has 2 aromatic rings. The van der Waals surface area contributed by atoms with Gasteiger partial charge in [-0.2, -0.15) is 0 Å². The molecule has 0 saturated carbocycles. The fourth-order valence-electron chi connectivity index (χ4n) is 2.68. The molecule has 6 nitrogen and oxygen atoms in total. The lowest BCUT2D eigenvalue weighted by molar-refractivity contribution is -0.122. The van der Waals surface area contributed by atoms with Crippen molar-refractivity contribution in [3.8, 4) is 0 Å². The average molecular weight is 323 g/mol. The van der Waals surface area contributed by atoms with Gasteiger partial charge < -0.3 is 4.57 Å². The van der Waals surface area contributed by atoms with E-state index in [1.807, 2.05) is 35.9 Å². The van der Waals surface area contributed by atoms with Crippen LogP contribution in [0.25, 0.3) is 6.08 Å². The maximum atomic E-state index is 12.8. The number of benzene rings is 1. The minimum atomic E-state index is -0.734. The van der Waals surface area contributed by atoms with Crippen LogP contribution in [0.4, 0.5) is 10.5 Å². The lowest BCUT2D eigenvalue weighted by Gasteiger charge is -2.27. The minimum Gasteiger partial charge on any atom is -0.348 e. The summed E-state index contributed by atoms with van der Waals surface area (Å²) in [6, 6.07) is 9.96. The van der Waals surface area contributed by atoms with Crippen molar-refractivity contribution in [2.24, 2.45) is 0 Å². The van der Waals surface area contributed by atoms with Gasteiger partial charge in [0.05, 0.1) is 5.69 Å². The van der Waals surface area contributed by atoms with E-state index < -0.39 is 17.8 Å². The summed E-state index contributed by atoms with van der Waals surface area (Å²) in [5, 5.41) is 2.24. The molecule has 1 aliphatic rings. The first-order valence-electron chi connectivity index (χ1n) is 7.65. The van der Waals surface area contributed by atoms with Gasteiger partial charge in [-0.25, -0.2) is 9.69 Å². The van der Waals surface area contributed by atoms with Crippen LogP contribution in [0.2, 0.25) is 0 Å². The number of carbonyl (C=O) groups is 3. The van der Waals surface area contributed by atoms with Crippen LogP contribution in [-0.2, 0) is 16.1 Å². The van der Waals surface area contributed by atoms with Crippen LogP contribution in [0, 0.1) is 6.92 Å². The second kappa shape index (κ2) is 6.16. The maximum Gasteiger partial charge on any atom is 0.335 e. The van der Waals surface area contributed by atoms with Crippen molar-refractivity contribution in [1.29, 1.82) is 0 Å². The molecule has 1 fully saturated rings. The molecule has 6 heteroatoms. The fourth-order valence-corrected chi connectivity index (χ4v) is 2.68. The van der Waals surface area contributed by atoms with Gasteiger partial charge in [0.1, 0.15) is 5.57 Å². The smallest absolute Gasteiger partial charge is 0.335 e. The Kier molecular flexibility index (Phi) is 4.04. The molecular formula is C18H17N3O3. The molecule has 0 bridgehead atoms. The first-order chi connectivity index (χ1) is 11.5. The highest BCUT2D eigenvalue weighted by molar-refractivity contribution is 6.39. The Labute approximate surface area is 139 Å². The van der Waals surface area contributed by atoms with E-state index in [4.69, 9.17) is 0 Å². The van der Waals surface area contributed by atoms with Crippen LogP contribution in [0.3, 0.4) is 0 Å². The Hall–Kier alpha value is -3.15. The van der Waals surface area contributed by atoms with Crippen molar-refractivity contribution >= 4 is 29.6 Å². The van der Waals surface area contributed by atoms with E-state index in [-0.39, 0.29) is 5.57 Å². The Morgan fingerprint density at radius 3 is 2.54 bits per heavy atom. The number of nitrogens with one attached hydrogen (secondary N) is 1. The lowest BCUT2D eigenvalue weighted by Crippen LogP contribution is -2.54. The molecule has 1 aromatic heterocycles.